The minimum Gasteiger partial charge on any atom is -0.465 e. The second-order valence-electron chi connectivity index (χ2n) is 2.74. The van der Waals surface area contributed by atoms with Crippen molar-refractivity contribution in [1.82, 2.24) is 5.32 Å². The highest BCUT2D eigenvalue weighted by molar-refractivity contribution is 6.32. The van der Waals surface area contributed by atoms with E-state index in [2.05, 4.69) is 0 Å². The first-order valence-corrected chi connectivity index (χ1v) is 4.47. The minimum absolute atomic E-state index is 0.000000000000000444. The van der Waals surface area contributed by atoms with Crippen molar-refractivity contribution < 1.29 is 14.3 Å². The van der Waals surface area contributed by atoms with Gasteiger partial charge in [-0.2, -0.15) is 5.26 Å². The van der Waals surface area contributed by atoms with Gasteiger partial charge in [0.2, 0.25) is 0 Å². The van der Waals surface area contributed by atoms with Crippen LogP contribution in [0.15, 0.2) is 24.3 Å². The number of benzene rings is 1. The lowest BCUT2D eigenvalue weighted by Gasteiger charge is -2.07. The van der Waals surface area contributed by atoms with E-state index in [-0.39, 0.29) is 16.3 Å². The Morgan fingerprint density at radius 1 is 1.62 bits per heavy atom. The minimum atomic E-state index is -1.33. The second-order valence-corrected chi connectivity index (χ2v) is 3.15. The standard InChI is InChI=1S/C10H6ClFN2O2/c11-8-5-6(12)1-2-7(8)9(3-4-13)14-10(15)16/h1-3,5,14H,(H,15,16). The average Bonchev–Trinajstić information content (AvgIpc) is 2.16. The van der Waals surface area contributed by atoms with Gasteiger partial charge in [0.25, 0.3) is 0 Å². The summed E-state index contributed by atoms with van der Waals surface area (Å²) in [6.07, 6.45) is -0.352. The molecule has 0 unspecified atom stereocenters. The van der Waals surface area contributed by atoms with E-state index in [1.165, 1.54) is 6.07 Å². The van der Waals surface area contributed by atoms with E-state index < -0.39 is 11.9 Å². The Bertz CT molecular complexity index is 494. The molecule has 1 amide bonds. The van der Waals surface area contributed by atoms with Gasteiger partial charge >= 0.3 is 6.09 Å². The molecule has 0 saturated carbocycles. The number of amides is 1. The Kier molecular flexibility index (Phi) is 3.86. The first-order chi connectivity index (χ1) is 7.54. The predicted octanol–water partition coefficient (Wildman–Crippen LogP) is 2.61. The van der Waals surface area contributed by atoms with Crippen molar-refractivity contribution >= 4 is 23.4 Å². The van der Waals surface area contributed by atoms with Crippen LogP contribution in [0.1, 0.15) is 5.56 Å². The molecule has 0 bridgehead atoms. The monoisotopic (exact) mass is 240 g/mol. The van der Waals surface area contributed by atoms with Crippen molar-refractivity contribution in [3.05, 3.63) is 40.7 Å². The van der Waals surface area contributed by atoms with Gasteiger partial charge in [0.05, 0.1) is 16.8 Å². The third-order valence-electron chi connectivity index (χ3n) is 1.67. The molecule has 1 aromatic rings. The van der Waals surface area contributed by atoms with E-state index in [0.717, 1.165) is 18.2 Å². The number of hydrogen-bond acceptors (Lipinski definition) is 2. The van der Waals surface area contributed by atoms with E-state index in [0.29, 0.717) is 0 Å². The Morgan fingerprint density at radius 2 is 2.31 bits per heavy atom. The maximum Gasteiger partial charge on any atom is 0.409 e. The van der Waals surface area contributed by atoms with Gasteiger partial charge in [-0.25, -0.2) is 9.18 Å². The lowest BCUT2D eigenvalue weighted by atomic mass is 10.1. The number of nitrogens with one attached hydrogen (secondary N) is 1. The Labute approximate surface area is 95.6 Å². The molecular formula is C10H6ClFN2O2. The zero-order valence-electron chi connectivity index (χ0n) is 7.87. The molecule has 6 heteroatoms. The van der Waals surface area contributed by atoms with Crippen molar-refractivity contribution in [3.63, 3.8) is 0 Å². The van der Waals surface area contributed by atoms with Crippen molar-refractivity contribution in [3.8, 4) is 6.07 Å². The molecule has 0 spiro atoms. The van der Waals surface area contributed by atoms with Crippen molar-refractivity contribution in [1.29, 1.82) is 5.26 Å². The number of allylic oxidation sites excluding steroid dienone is 1. The molecule has 0 aromatic heterocycles. The number of carbonyl (C=O) groups is 1. The lowest BCUT2D eigenvalue weighted by molar-refractivity contribution is 0.199. The van der Waals surface area contributed by atoms with Crippen molar-refractivity contribution in [2.24, 2.45) is 0 Å². The Balaban J connectivity index is 3.17. The zero-order valence-corrected chi connectivity index (χ0v) is 8.62. The molecule has 82 valence electrons. The molecule has 2 N–H and O–H groups in total. The fraction of sp³-hybridized carbons (Fsp3) is 0. The summed E-state index contributed by atoms with van der Waals surface area (Å²) in [5.41, 5.74) is 0.243. The summed E-state index contributed by atoms with van der Waals surface area (Å²) in [7, 11) is 0. The molecule has 1 aromatic carbocycles. The molecule has 0 saturated heterocycles. The number of halogens is 2. The molecule has 0 aliphatic heterocycles. The lowest BCUT2D eigenvalue weighted by Crippen LogP contribution is -2.19. The van der Waals surface area contributed by atoms with E-state index in [9.17, 15) is 9.18 Å². The highest BCUT2D eigenvalue weighted by atomic mass is 35.5. The molecule has 16 heavy (non-hydrogen) atoms. The predicted molar refractivity (Wildman–Crippen MR) is 56.2 cm³/mol. The molecule has 0 atom stereocenters. The highest BCUT2D eigenvalue weighted by Gasteiger charge is 2.09. The molecule has 0 fully saturated rings. The van der Waals surface area contributed by atoms with Crippen LogP contribution in [0.2, 0.25) is 5.02 Å². The summed E-state index contributed by atoms with van der Waals surface area (Å²) in [5, 5.41) is 19.0. The summed E-state index contributed by atoms with van der Waals surface area (Å²) in [5.74, 6) is -0.541. The number of carboxylic acid groups (broad SMARTS) is 1. The summed E-state index contributed by atoms with van der Waals surface area (Å²) in [4.78, 5) is 10.5. The van der Waals surface area contributed by atoms with E-state index in [1.54, 1.807) is 6.07 Å². The SMILES string of the molecule is N#CC=C(NC(=O)O)c1ccc(F)cc1Cl. The molecule has 0 aliphatic carbocycles. The molecule has 1 rings (SSSR count). The average molecular weight is 241 g/mol. The third kappa shape index (κ3) is 2.97. The molecule has 4 nitrogen and oxygen atoms in total. The maximum absolute atomic E-state index is 12.8. The van der Waals surface area contributed by atoms with E-state index in [4.69, 9.17) is 22.0 Å². The molecule has 0 aliphatic rings. The van der Waals surface area contributed by atoms with Crippen LogP contribution in [0.3, 0.4) is 0 Å². The van der Waals surface area contributed by atoms with Crippen LogP contribution in [-0.2, 0) is 0 Å². The summed E-state index contributed by atoms with van der Waals surface area (Å²) < 4.78 is 12.8. The van der Waals surface area contributed by atoms with Gasteiger partial charge in [0, 0.05) is 11.6 Å². The van der Waals surface area contributed by atoms with Gasteiger partial charge in [-0.05, 0) is 18.2 Å². The first-order valence-electron chi connectivity index (χ1n) is 4.09. The second kappa shape index (κ2) is 5.14. The van der Waals surface area contributed by atoms with Gasteiger partial charge in [-0.1, -0.05) is 11.6 Å². The van der Waals surface area contributed by atoms with Gasteiger partial charge < -0.3 is 5.11 Å². The van der Waals surface area contributed by atoms with Crippen LogP contribution in [0.25, 0.3) is 5.70 Å². The van der Waals surface area contributed by atoms with Gasteiger partial charge in [-0.3, -0.25) is 5.32 Å². The van der Waals surface area contributed by atoms with Gasteiger partial charge in [0.15, 0.2) is 0 Å². The van der Waals surface area contributed by atoms with E-state index in [1.807, 2.05) is 5.32 Å². The number of rotatable bonds is 2. The molecule has 0 heterocycles. The molecular weight excluding hydrogens is 235 g/mol. The smallest absolute Gasteiger partial charge is 0.409 e. The topological polar surface area (TPSA) is 73.1 Å². The summed E-state index contributed by atoms with van der Waals surface area (Å²) in [6, 6.07) is 5.12. The summed E-state index contributed by atoms with van der Waals surface area (Å²) >= 11 is 5.72. The van der Waals surface area contributed by atoms with Crippen LogP contribution in [0.4, 0.5) is 9.18 Å². The first kappa shape index (κ1) is 12.0. The quantitative estimate of drug-likeness (QED) is 0.781. The maximum atomic E-state index is 12.8. The number of hydrogen-bond donors (Lipinski definition) is 2. The van der Waals surface area contributed by atoms with Crippen LogP contribution in [0.5, 0.6) is 0 Å². The largest absolute Gasteiger partial charge is 0.465 e. The van der Waals surface area contributed by atoms with E-state index >= 15 is 0 Å². The van der Waals surface area contributed by atoms with Gasteiger partial charge in [0.1, 0.15) is 5.82 Å². The van der Waals surface area contributed by atoms with Crippen LogP contribution in [-0.4, -0.2) is 11.2 Å². The van der Waals surface area contributed by atoms with Gasteiger partial charge in [-0.15, -0.1) is 0 Å². The van der Waals surface area contributed by atoms with Crippen LogP contribution >= 0.6 is 11.6 Å². The third-order valence-corrected chi connectivity index (χ3v) is 1.98. The fourth-order valence-electron chi connectivity index (χ4n) is 1.07. The number of nitrogens with zero attached hydrogens (tertiary/aromatic N) is 1. The normalized spacial score (nSPS) is 10.7. The Hall–Kier alpha value is -2.06. The molecule has 0 radical (unpaired) electrons. The Morgan fingerprint density at radius 3 is 2.81 bits per heavy atom. The van der Waals surface area contributed by atoms with Crippen molar-refractivity contribution in [2.45, 2.75) is 0 Å². The van der Waals surface area contributed by atoms with Crippen LogP contribution < -0.4 is 5.32 Å². The zero-order chi connectivity index (χ0) is 12.1. The summed E-state index contributed by atoms with van der Waals surface area (Å²) in [6.45, 7) is 0. The highest BCUT2D eigenvalue weighted by Crippen LogP contribution is 2.23. The van der Waals surface area contributed by atoms with Crippen LogP contribution in [0, 0.1) is 17.1 Å². The fourth-order valence-corrected chi connectivity index (χ4v) is 1.34. The number of nitriles is 1. The van der Waals surface area contributed by atoms with Crippen molar-refractivity contribution in [2.75, 3.05) is 0 Å².